The van der Waals surface area contributed by atoms with Crippen molar-refractivity contribution in [1.82, 2.24) is 0 Å². The van der Waals surface area contributed by atoms with E-state index >= 15 is 0 Å². The number of halogens is 1. The Morgan fingerprint density at radius 1 is 0.944 bits per heavy atom. The largest absolute Gasteiger partial charge is 0.384 e. The van der Waals surface area contributed by atoms with Crippen LogP contribution in [-0.2, 0) is 11.2 Å². The van der Waals surface area contributed by atoms with E-state index in [1.54, 1.807) is 7.11 Å². The minimum absolute atomic E-state index is 0.259. The van der Waals surface area contributed by atoms with Crippen molar-refractivity contribution >= 4 is 15.9 Å². The first-order valence-electron chi connectivity index (χ1n) is 6.08. The third-order valence-corrected chi connectivity index (χ3v) is 4.02. The van der Waals surface area contributed by atoms with Crippen LogP contribution in [0.4, 0.5) is 0 Å². The van der Waals surface area contributed by atoms with Gasteiger partial charge in [-0.2, -0.15) is 0 Å². The lowest BCUT2D eigenvalue weighted by molar-refractivity contribution is 0.202. The average Bonchev–Trinajstić information content (AvgIpc) is 2.46. The molecule has 0 saturated carbocycles. The minimum atomic E-state index is 0.259. The fourth-order valence-corrected chi connectivity index (χ4v) is 2.50. The van der Waals surface area contributed by atoms with E-state index < -0.39 is 0 Å². The van der Waals surface area contributed by atoms with Crippen LogP contribution >= 0.6 is 15.9 Å². The van der Waals surface area contributed by atoms with Gasteiger partial charge in [0.25, 0.3) is 0 Å². The second kappa shape index (κ2) is 6.72. The Bertz CT molecular complexity index is 464. The lowest BCUT2D eigenvalue weighted by Crippen LogP contribution is -1.96. The van der Waals surface area contributed by atoms with Crippen LogP contribution in [0.1, 0.15) is 21.5 Å². The summed E-state index contributed by atoms with van der Waals surface area (Å²) in [6, 6.07) is 19.1. The summed E-state index contributed by atoms with van der Waals surface area (Å²) in [5, 5.41) is 0. The second-order valence-corrected chi connectivity index (χ2v) is 5.17. The van der Waals surface area contributed by atoms with E-state index in [0.717, 1.165) is 13.0 Å². The normalized spacial score (nSPS) is 12.3. The maximum absolute atomic E-state index is 5.08. The molecule has 94 valence electrons. The summed E-state index contributed by atoms with van der Waals surface area (Å²) in [5.41, 5.74) is 3.87. The molecule has 0 aliphatic heterocycles. The van der Waals surface area contributed by atoms with E-state index in [4.69, 9.17) is 4.74 Å². The van der Waals surface area contributed by atoms with Gasteiger partial charge >= 0.3 is 0 Å². The summed E-state index contributed by atoms with van der Waals surface area (Å²) in [5.74, 6) is 0. The van der Waals surface area contributed by atoms with Crippen LogP contribution in [0.2, 0.25) is 0 Å². The van der Waals surface area contributed by atoms with Gasteiger partial charge in [0, 0.05) is 7.11 Å². The molecule has 1 nitrogen and oxygen atoms in total. The predicted molar refractivity (Wildman–Crippen MR) is 79.2 cm³/mol. The fourth-order valence-electron chi connectivity index (χ4n) is 1.89. The van der Waals surface area contributed by atoms with Crippen LogP contribution in [0.25, 0.3) is 0 Å². The van der Waals surface area contributed by atoms with Crippen molar-refractivity contribution in [2.75, 3.05) is 13.7 Å². The van der Waals surface area contributed by atoms with Gasteiger partial charge in [0.2, 0.25) is 0 Å². The molecule has 2 aromatic carbocycles. The maximum atomic E-state index is 5.08. The van der Waals surface area contributed by atoms with E-state index in [2.05, 4.69) is 64.5 Å². The summed E-state index contributed by atoms with van der Waals surface area (Å²) >= 11 is 3.75. The van der Waals surface area contributed by atoms with Gasteiger partial charge in [0.05, 0.1) is 11.4 Å². The maximum Gasteiger partial charge on any atom is 0.0644 e. The Balaban J connectivity index is 2.09. The van der Waals surface area contributed by atoms with Gasteiger partial charge in [-0.15, -0.1) is 0 Å². The van der Waals surface area contributed by atoms with Crippen LogP contribution in [0.3, 0.4) is 0 Å². The summed E-state index contributed by atoms with van der Waals surface area (Å²) in [6.45, 7) is 0.774. The molecule has 0 fully saturated rings. The highest BCUT2D eigenvalue weighted by atomic mass is 79.9. The van der Waals surface area contributed by atoms with Crippen molar-refractivity contribution in [3.8, 4) is 0 Å². The Morgan fingerprint density at radius 2 is 1.56 bits per heavy atom. The van der Waals surface area contributed by atoms with Crippen LogP contribution in [0.15, 0.2) is 54.6 Å². The molecular formula is C16H17BrO. The summed E-state index contributed by atoms with van der Waals surface area (Å²) in [7, 11) is 1.73. The van der Waals surface area contributed by atoms with Crippen molar-refractivity contribution < 1.29 is 4.74 Å². The zero-order valence-electron chi connectivity index (χ0n) is 10.5. The molecule has 0 heterocycles. The number of alkyl halides is 1. The molecule has 2 aromatic rings. The lowest BCUT2D eigenvalue weighted by atomic mass is 10.0. The first-order chi connectivity index (χ1) is 8.81. The summed E-state index contributed by atoms with van der Waals surface area (Å²) in [4.78, 5) is 0.259. The third kappa shape index (κ3) is 3.44. The SMILES string of the molecule is COCCc1ccc(C(Br)c2ccccc2)cc1. The molecule has 0 aromatic heterocycles. The van der Waals surface area contributed by atoms with Crippen LogP contribution < -0.4 is 0 Å². The van der Waals surface area contributed by atoms with E-state index in [0.29, 0.717) is 0 Å². The lowest BCUT2D eigenvalue weighted by Gasteiger charge is -2.11. The first kappa shape index (κ1) is 13.3. The Kier molecular flexibility index (Phi) is 4.97. The molecule has 0 bridgehead atoms. The molecule has 0 N–H and O–H groups in total. The Morgan fingerprint density at radius 3 is 2.17 bits per heavy atom. The van der Waals surface area contributed by atoms with Crippen molar-refractivity contribution in [3.05, 3.63) is 71.3 Å². The van der Waals surface area contributed by atoms with Crippen LogP contribution in [0.5, 0.6) is 0 Å². The molecule has 0 amide bonds. The number of hydrogen-bond donors (Lipinski definition) is 0. The highest BCUT2D eigenvalue weighted by Crippen LogP contribution is 2.30. The number of benzene rings is 2. The molecule has 0 aliphatic rings. The number of rotatable bonds is 5. The quantitative estimate of drug-likeness (QED) is 0.746. The third-order valence-electron chi connectivity index (χ3n) is 2.96. The molecule has 0 saturated heterocycles. The molecule has 0 radical (unpaired) electrons. The number of hydrogen-bond acceptors (Lipinski definition) is 1. The van der Waals surface area contributed by atoms with Crippen molar-refractivity contribution in [2.45, 2.75) is 11.2 Å². The molecule has 0 spiro atoms. The smallest absolute Gasteiger partial charge is 0.0644 e. The van der Waals surface area contributed by atoms with Gasteiger partial charge in [0.15, 0.2) is 0 Å². The van der Waals surface area contributed by atoms with Gasteiger partial charge in [-0.25, -0.2) is 0 Å². The molecule has 2 heteroatoms. The predicted octanol–water partition coefficient (Wildman–Crippen LogP) is 4.36. The molecule has 0 aliphatic carbocycles. The van der Waals surface area contributed by atoms with E-state index in [1.807, 2.05) is 6.07 Å². The average molecular weight is 305 g/mol. The summed E-state index contributed by atoms with van der Waals surface area (Å²) < 4.78 is 5.08. The zero-order valence-corrected chi connectivity index (χ0v) is 12.1. The first-order valence-corrected chi connectivity index (χ1v) is 6.99. The fraction of sp³-hybridized carbons (Fsp3) is 0.250. The van der Waals surface area contributed by atoms with Crippen LogP contribution in [-0.4, -0.2) is 13.7 Å². The molecule has 2 rings (SSSR count). The summed E-state index contributed by atoms with van der Waals surface area (Å²) in [6.07, 6.45) is 0.967. The monoisotopic (exact) mass is 304 g/mol. The van der Waals surface area contributed by atoms with Gasteiger partial charge in [-0.1, -0.05) is 70.5 Å². The number of ether oxygens (including phenoxy) is 1. The van der Waals surface area contributed by atoms with E-state index in [1.165, 1.54) is 16.7 Å². The Hall–Kier alpha value is -1.12. The highest BCUT2D eigenvalue weighted by Gasteiger charge is 2.09. The standard InChI is InChI=1S/C16H17BrO/c1-18-12-11-13-7-9-15(10-8-13)16(17)14-5-3-2-4-6-14/h2-10,16H,11-12H2,1H3. The van der Waals surface area contributed by atoms with E-state index in [-0.39, 0.29) is 4.83 Å². The van der Waals surface area contributed by atoms with Gasteiger partial charge in [-0.05, 0) is 23.1 Å². The number of methoxy groups -OCH3 is 1. The molecule has 1 atom stereocenters. The van der Waals surface area contributed by atoms with Gasteiger partial charge in [-0.3, -0.25) is 0 Å². The zero-order chi connectivity index (χ0) is 12.8. The van der Waals surface area contributed by atoms with Crippen molar-refractivity contribution in [1.29, 1.82) is 0 Å². The Labute approximate surface area is 117 Å². The van der Waals surface area contributed by atoms with E-state index in [9.17, 15) is 0 Å². The van der Waals surface area contributed by atoms with Crippen molar-refractivity contribution in [3.63, 3.8) is 0 Å². The van der Waals surface area contributed by atoms with Gasteiger partial charge in [0.1, 0.15) is 0 Å². The minimum Gasteiger partial charge on any atom is -0.384 e. The molecular weight excluding hydrogens is 288 g/mol. The molecule has 18 heavy (non-hydrogen) atoms. The van der Waals surface area contributed by atoms with Crippen molar-refractivity contribution in [2.24, 2.45) is 0 Å². The van der Waals surface area contributed by atoms with Gasteiger partial charge < -0.3 is 4.74 Å². The topological polar surface area (TPSA) is 9.23 Å². The van der Waals surface area contributed by atoms with Crippen LogP contribution in [0, 0.1) is 0 Å². The highest BCUT2D eigenvalue weighted by molar-refractivity contribution is 9.09. The molecule has 1 unspecified atom stereocenters. The second-order valence-electron chi connectivity index (χ2n) is 4.26.